The number of nitrogens with zero attached hydrogens (tertiary/aromatic N) is 2. The first-order valence-electron chi connectivity index (χ1n) is 7.50. The number of halogens is 3. The fraction of sp³-hybridized carbons (Fsp3) is 0.571. The van der Waals surface area contributed by atoms with Crippen molar-refractivity contribution in [3.63, 3.8) is 0 Å². The molecule has 1 fully saturated rings. The minimum atomic E-state index is -4.96. The standard InChI is InChI=1S/C14H16F3N3O6/c1-25-13(2-4-26-5-3-13)8-18-12-10(19(21)22)6-9(14(15,16)17)7-11(12)20(23)24/h6-7,18H,2-5,8H2,1H3. The first-order valence-corrected chi connectivity index (χ1v) is 7.50. The summed E-state index contributed by atoms with van der Waals surface area (Å²) in [4.78, 5) is 20.2. The van der Waals surface area contributed by atoms with Gasteiger partial charge in [-0.2, -0.15) is 13.2 Å². The molecule has 1 saturated heterocycles. The summed E-state index contributed by atoms with van der Waals surface area (Å²) in [7, 11) is 1.42. The first-order chi connectivity index (χ1) is 12.1. The molecule has 1 N–H and O–H groups in total. The highest BCUT2D eigenvalue weighted by Crippen LogP contribution is 2.41. The summed E-state index contributed by atoms with van der Waals surface area (Å²) >= 11 is 0. The van der Waals surface area contributed by atoms with Crippen molar-refractivity contribution in [2.24, 2.45) is 0 Å². The van der Waals surface area contributed by atoms with Gasteiger partial charge in [-0.15, -0.1) is 0 Å². The topological polar surface area (TPSA) is 117 Å². The number of rotatable bonds is 6. The molecule has 0 aliphatic carbocycles. The molecule has 0 saturated carbocycles. The maximum Gasteiger partial charge on any atom is 0.416 e. The molecule has 2 rings (SSSR count). The van der Waals surface area contributed by atoms with Gasteiger partial charge in [-0.1, -0.05) is 0 Å². The molecular weight excluding hydrogens is 363 g/mol. The van der Waals surface area contributed by atoms with Gasteiger partial charge in [0.1, 0.15) is 0 Å². The van der Waals surface area contributed by atoms with E-state index < -0.39 is 44.2 Å². The fourth-order valence-corrected chi connectivity index (χ4v) is 2.69. The van der Waals surface area contributed by atoms with Crippen LogP contribution in [0.25, 0.3) is 0 Å². The van der Waals surface area contributed by atoms with Crippen LogP contribution in [0.5, 0.6) is 0 Å². The van der Waals surface area contributed by atoms with Crippen molar-refractivity contribution in [2.45, 2.75) is 24.6 Å². The second-order valence-corrected chi connectivity index (χ2v) is 5.75. The van der Waals surface area contributed by atoms with E-state index in [1.165, 1.54) is 7.11 Å². The van der Waals surface area contributed by atoms with Gasteiger partial charge in [0.2, 0.25) is 0 Å². The Hall–Kier alpha value is -2.47. The highest BCUT2D eigenvalue weighted by molar-refractivity contribution is 5.75. The lowest BCUT2D eigenvalue weighted by Gasteiger charge is -2.36. The zero-order valence-corrected chi connectivity index (χ0v) is 13.7. The molecule has 0 radical (unpaired) electrons. The Labute approximate surface area is 145 Å². The Kier molecular flexibility index (Phi) is 5.66. The van der Waals surface area contributed by atoms with Crippen LogP contribution in [0.15, 0.2) is 12.1 Å². The van der Waals surface area contributed by atoms with Gasteiger partial charge in [0.25, 0.3) is 11.4 Å². The molecule has 1 aliphatic heterocycles. The number of nitrogens with one attached hydrogen (secondary N) is 1. The molecule has 1 aromatic carbocycles. The van der Waals surface area contributed by atoms with E-state index in [1.807, 2.05) is 0 Å². The maximum atomic E-state index is 12.9. The third kappa shape index (κ3) is 4.19. The van der Waals surface area contributed by atoms with E-state index in [4.69, 9.17) is 9.47 Å². The van der Waals surface area contributed by atoms with Crippen LogP contribution in [0.2, 0.25) is 0 Å². The van der Waals surface area contributed by atoms with Crippen LogP contribution in [0.1, 0.15) is 18.4 Å². The molecule has 0 atom stereocenters. The maximum absolute atomic E-state index is 12.9. The lowest BCUT2D eigenvalue weighted by Crippen LogP contribution is -2.44. The second kappa shape index (κ2) is 7.41. The number of benzene rings is 1. The van der Waals surface area contributed by atoms with Crippen LogP contribution in [-0.4, -0.2) is 42.3 Å². The van der Waals surface area contributed by atoms with E-state index in [-0.39, 0.29) is 18.7 Å². The average molecular weight is 379 g/mol. The van der Waals surface area contributed by atoms with Gasteiger partial charge in [0.15, 0.2) is 5.69 Å². The van der Waals surface area contributed by atoms with Crippen LogP contribution in [0, 0.1) is 20.2 Å². The second-order valence-electron chi connectivity index (χ2n) is 5.75. The molecule has 26 heavy (non-hydrogen) atoms. The van der Waals surface area contributed by atoms with E-state index >= 15 is 0 Å². The van der Waals surface area contributed by atoms with Crippen molar-refractivity contribution in [3.05, 3.63) is 37.9 Å². The lowest BCUT2D eigenvalue weighted by molar-refractivity contribution is -0.392. The summed E-state index contributed by atoms with van der Waals surface area (Å²) < 4.78 is 49.3. The van der Waals surface area contributed by atoms with E-state index in [0.717, 1.165) is 0 Å². The molecule has 0 aromatic heterocycles. The summed E-state index contributed by atoms with van der Waals surface area (Å²) in [6.45, 7) is 0.680. The number of nitro groups is 2. The van der Waals surface area contributed by atoms with Gasteiger partial charge in [0, 0.05) is 51.8 Å². The Bertz CT molecular complexity index is 669. The van der Waals surface area contributed by atoms with Crippen molar-refractivity contribution in [1.29, 1.82) is 0 Å². The Morgan fingerprint density at radius 2 is 1.69 bits per heavy atom. The number of anilines is 1. The monoisotopic (exact) mass is 379 g/mol. The molecule has 0 spiro atoms. The Morgan fingerprint density at radius 3 is 2.08 bits per heavy atom. The normalized spacial score (nSPS) is 16.9. The van der Waals surface area contributed by atoms with Crippen molar-refractivity contribution in [2.75, 3.05) is 32.2 Å². The number of hydrogen-bond donors (Lipinski definition) is 1. The van der Waals surface area contributed by atoms with Crippen LogP contribution in [0.3, 0.4) is 0 Å². The van der Waals surface area contributed by atoms with E-state index in [2.05, 4.69) is 5.32 Å². The minimum Gasteiger partial charge on any atom is -0.381 e. The van der Waals surface area contributed by atoms with E-state index in [9.17, 15) is 33.4 Å². The molecule has 0 amide bonds. The van der Waals surface area contributed by atoms with E-state index in [1.54, 1.807) is 0 Å². The first kappa shape index (κ1) is 19.8. The van der Waals surface area contributed by atoms with Crippen LogP contribution in [0.4, 0.5) is 30.2 Å². The number of methoxy groups -OCH3 is 1. The molecule has 0 unspecified atom stereocenters. The molecule has 9 nitrogen and oxygen atoms in total. The van der Waals surface area contributed by atoms with Gasteiger partial charge in [-0.05, 0) is 0 Å². The smallest absolute Gasteiger partial charge is 0.381 e. The van der Waals surface area contributed by atoms with Crippen molar-refractivity contribution in [1.82, 2.24) is 0 Å². The quantitative estimate of drug-likeness (QED) is 0.596. The molecule has 1 aliphatic rings. The highest BCUT2D eigenvalue weighted by atomic mass is 19.4. The van der Waals surface area contributed by atoms with Crippen LogP contribution in [-0.2, 0) is 15.7 Å². The Balaban J connectivity index is 2.45. The number of nitro benzene ring substituents is 2. The largest absolute Gasteiger partial charge is 0.416 e. The predicted octanol–water partition coefficient (Wildman–Crippen LogP) is 3.13. The predicted molar refractivity (Wildman–Crippen MR) is 83.0 cm³/mol. The van der Waals surface area contributed by atoms with Crippen molar-refractivity contribution < 1.29 is 32.5 Å². The van der Waals surface area contributed by atoms with Gasteiger partial charge in [-0.25, -0.2) is 0 Å². The molecule has 12 heteroatoms. The fourth-order valence-electron chi connectivity index (χ4n) is 2.69. The summed E-state index contributed by atoms with van der Waals surface area (Å²) in [6, 6.07) is 0.553. The van der Waals surface area contributed by atoms with Crippen LogP contribution < -0.4 is 5.32 Å². The lowest BCUT2D eigenvalue weighted by atomic mass is 9.93. The Morgan fingerprint density at radius 1 is 1.19 bits per heavy atom. The third-order valence-electron chi connectivity index (χ3n) is 4.24. The van der Waals surface area contributed by atoms with Gasteiger partial charge < -0.3 is 14.8 Å². The van der Waals surface area contributed by atoms with E-state index in [0.29, 0.717) is 26.1 Å². The number of alkyl halides is 3. The number of ether oxygens (including phenoxy) is 2. The number of hydrogen-bond acceptors (Lipinski definition) is 7. The van der Waals surface area contributed by atoms with Gasteiger partial charge in [0.05, 0.1) is 21.0 Å². The van der Waals surface area contributed by atoms with Crippen molar-refractivity contribution >= 4 is 17.1 Å². The molecular formula is C14H16F3N3O6. The summed E-state index contributed by atoms with van der Waals surface area (Å²) in [5, 5.41) is 25.0. The zero-order chi connectivity index (χ0) is 19.5. The highest BCUT2D eigenvalue weighted by Gasteiger charge is 2.39. The summed E-state index contributed by atoms with van der Waals surface area (Å²) in [5.74, 6) is 0. The molecule has 1 aromatic rings. The molecule has 0 bridgehead atoms. The van der Waals surface area contributed by atoms with Gasteiger partial charge in [-0.3, -0.25) is 20.2 Å². The molecule has 1 heterocycles. The van der Waals surface area contributed by atoms with Crippen LogP contribution >= 0.6 is 0 Å². The van der Waals surface area contributed by atoms with Crippen molar-refractivity contribution in [3.8, 4) is 0 Å². The minimum absolute atomic E-state index is 0.0557. The summed E-state index contributed by atoms with van der Waals surface area (Å²) in [5.41, 5.74) is -4.89. The SMILES string of the molecule is COC1(CNc2c([N+](=O)[O-])cc(C(F)(F)F)cc2[N+](=O)[O-])CCOCC1. The summed E-state index contributed by atoms with van der Waals surface area (Å²) in [6.07, 6.45) is -4.10. The van der Waals surface area contributed by atoms with Gasteiger partial charge >= 0.3 is 6.18 Å². The molecule has 144 valence electrons. The average Bonchev–Trinajstić information content (AvgIpc) is 2.59. The zero-order valence-electron chi connectivity index (χ0n) is 13.7. The third-order valence-corrected chi connectivity index (χ3v) is 4.24.